The van der Waals surface area contributed by atoms with E-state index in [1.165, 1.54) is 18.4 Å². The maximum Gasteiger partial charge on any atom is 0.305 e. The van der Waals surface area contributed by atoms with E-state index in [0.29, 0.717) is 19.4 Å². The van der Waals surface area contributed by atoms with Crippen LogP contribution in [0.2, 0.25) is 0 Å². The van der Waals surface area contributed by atoms with Gasteiger partial charge in [0.15, 0.2) is 5.13 Å². The summed E-state index contributed by atoms with van der Waals surface area (Å²) < 4.78 is 6.41. The lowest BCUT2D eigenvalue weighted by molar-refractivity contribution is -0.140. The van der Waals surface area contributed by atoms with Crippen molar-refractivity contribution in [2.75, 3.05) is 12.4 Å². The number of nitrogens with zero attached hydrogens (tertiary/aromatic N) is 3. The van der Waals surface area contributed by atoms with E-state index in [4.69, 9.17) is 0 Å². The summed E-state index contributed by atoms with van der Waals surface area (Å²) in [6, 6.07) is 0. The molecular weight excluding hydrogens is 276 g/mol. The van der Waals surface area contributed by atoms with E-state index in [1.54, 1.807) is 4.68 Å². The Bertz CT molecular complexity index is 591. The zero-order chi connectivity index (χ0) is 14.5. The molecule has 1 N–H and O–H groups in total. The second-order valence-electron chi connectivity index (χ2n) is 4.49. The number of carbonyl (C=O) groups is 1. The minimum absolute atomic E-state index is 0.210. The molecule has 0 unspecified atom stereocenters. The number of rotatable bonds is 6. The second-order valence-corrected chi connectivity index (χ2v) is 5.35. The molecule has 2 rings (SSSR count). The molecular formula is C13H18N4O2S. The van der Waals surface area contributed by atoms with Gasteiger partial charge in [-0.25, -0.2) is 4.98 Å². The van der Waals surface area contributed by atoms with Gasteiger partial charge in [0.1, 0.15) is 0 Å². The van der Waals surface area contributed by atoms with Crippen LogP contribution in [0.4, 0.5) is 5.13 Å². The summed E-state index contributed by atoms with van der Waals surface area (Å²) in [6.45, 7) is 2.68. The van der Waals surface area contributed by atoms with Crippen molar-refractivity contribution in [3.8, 4) is 0 Å². The maximum absolute atomic E-state index is 11.1. The highest BCUT2D eigenvalue weighted by Crippen LogP contribution is 2.18. The first-order valence-electron chi connectivity index (χ1n) is 6.32. The molecule has 0 spiro atoms. The van der Waals surface area contributed by atoms with Gasteiger partial charge in [-0.1, -0.05) is 0 Å². The van der Waals surface area contributed by atoms with Crippen LogP contribution in [0.3, 0.4) is 0 Å². The number of carbonyl (C=O) groups excluding carboxylic acids is 1. The third-order valence-electron chi connectivity index (χ3n) is 2.91. The monoisotopic (exact) mass is 294 g/mol. The lowest BCUT2D eigenvalue weighted by atomic mass is 10.2. The topological polar surface area (TPSA) is 69.0 Å². The van der Waals surface area contributed by atoms with Gasteiger partial charge in [-0.15, -0.1) is 11.3 Å². The van der Waals surface area contributed by atoms with Crippen LogP contribution in [-0.4, -0.2) is 27.8 Å². The van der Waals surface area contributed by atoms with Crippen molar-refractivity contribution in [2.24, 2.45) is 7.05 Å². The summed E-state index contributed by atoms with van der Waals surface area (Å²) in [5, 5.41) is 10.4. The van der Waals surface area contributed by atoms with E-state index in [-0.39, 0.29) is 5.97 Å². The predicted molar refractivity (Wildman–Crippen MR) is 77.7 cm³/mol. The molecule has 0 atom stereocenters. The minimum Gasteiger partial charge on any atom is -0.469 e. The number of aryl methyl sites for hydroxylation is 3. The van der Waals surface area contributed by atoms with Crippen molar-refractivity contribution >= 4 is 22.4 Å². The number of hydrogen-bond donors (Lipinski definition) is 1. The molecule has 0 bridgehead atoms. The van der Waals surface area contributed by atoms with Crippen LogP contribution in [0.1, 0.15) is 23.4 Å². The molecule has 20 heavy (non-hydrogen) atoms. The third kappa shape index (κ3) is 3.80. The average molecular weight is 294 g/mol. The summed E-state index contributed by atoms with van der Waals surface area (Å²) in [5.74, 6) is -0.210. The van der Waals surface area contributed by atoms with Gasteiger partial charge in [-0.3, -0.25) is 9.48 Å². The van der Waals surface area contributed by atoms with E-state index >= 15 is 0 Å². The quantitative estimate of drug-likeness (QED) is 0.824. The van der Waals surface area contributed by atoms with E-state index in [1.807, 2.05) is 25.5 Å². The summed E-state index contributed by atoms with van der Waals surface area (Å²) in [7, 11) is 3.30. The van der Waals surface area contributed by atoms with Crippen molar-refractivity contribution in [1.82, 2.24) is 14.8 Å². The summed E-state index contributed by atoms with van der Waals surface area (Å²) >= 11 is 1.54. The third-order valence-corrected chi connectivity index (χ3v) is 3.76. The average Bonchev–Trinajstić information content (AvgIpc) is 3.00. The Labute approximate surface area is 121 Å². The van der Waals surface area contributed by atoms with Gasteiger partial charge in [0.25, 0.3) is 0 Å². The Morgan fingerprint density at radius 2 is 2.35 bits per heavy atom. The highest BCUT2D eigenvalue weighted by atomic mass is 32.1. The Morgan fingerprint density at radius 3 is 3.00 bits per heavy atom. The van der Waals surface area contributed by atoms with Crippen LogP contribution < -0.4 is 5.32 Å². The summed E-state index contributed by atoms with van der Waals surface area (Å²) in [4.78, 5) is 15.5. The van der Waals surface area contributed by atoms with Crippen LogP contribution in [0.15, 0.2) is 11.6 Å². The smallest absolute Gasteiger partial charge is 0.305 e. The van der Waals surface area contributed by atoms with Crippen molar-refractivity contribution in [2.45, 2.75) is 26.3 Å². The zero-order valence-corrected chi connectivity index (χ0v) is 12.7. The highest BCUT2D eigenvalue weighted by Gasteiger charge is 2.07. The number of aromatic nitrogens is 3. The predicted octanol–water partition coefficient (Wildman–Crippen LogP) is 1.90. The Hall–Kier alpha value is -1.89. The maximum atomic E-state index is 11.1. The van der Waals surface area contributed by atoms with Gasteiger partial charge in [-0.2, -0.15) is 5.10 Å². The highest BCUT2D eigenvalue weighted by molar-refractivity contribution is 7.13. The van der Waals surface area contributed by atoms with Crippen LogP contribution in [-0.2, 0) is 29.5 Å². The van der Waals surface area contributed by atoms with Crippen LogP contribution in [0.25, 0.3) is 0 Å². The zero-order valence-electron chi connectivity index (χ0n) is 11.8. The van der Waals surface area contributed by atoms with Gasteiger partial charge < -0.3 is 10.1 Å². The lowest BCUT2D eigenvalue weighted by Crippen LogP contribution is -2.03. The SMILES string of the molecule is COC(=O)CCc1csc(NCc2cn(C)nc2C)n1. The van der Waals surface area contributed by atoms with Gasteiger partial charge in [0.05, 0.1) is 24.9 Å². The van der Waals surface area contributed by atoms with Crippen molar-refractivity contribution in [3.63, 3.8) is 0 Å². The standard InChI is InChI=1S/C13H18N4O2S/c1-9-10(7-17(2)16-9)6-14-13-15-11(8-20-13)4-5-12(18)19-3/h7-8H,4-6H2,1-3H3,(H,14,15). The molecule has 0 aliphatic carbocycles. The number of ether oxygens (including phenoxy) is 1. The Morgan fingerprint density at radius 1 is 1.55 bits per heavy atom. The summed E-state index contributed by atoms with van der Waals surface area (Å²) in [5.41, 5.74) is 3.08. The van der Waals surface area contributed by atoms with Crippen LogP contribution >= 0.6 is 11.3 Å². The van der Waals surface area contributed by atoms with E-state index in [0.717, 1.165) is 22.1 Å². The second kappa shape index (κ2) is 6.51. The number of anilines is 1. The number of hydrogen-bond acceptors (Lipinski definition) is 6. The Kier molecular flexibility index (Phi) is 4.73. The van der Waals surface area contributed by atoms with Crippen molar-refractivity contribution < 1.29 is 9.53 Å². The summed E-state index contributed by atoms with van der Waals surface area (Å²) in [6.07, 6.45) is 2.96. The Balaban J connectivity index is 1.86. The number of nitrogens with one attached hydrogen (secondary N) is 1. The fraction of sp³-hybridized carbons (Fsp3) is 0.462. The number of methoxy groups -OCH3 is 1. The molecule has 0 fully saturated rings. The molecule has 0 aromatic carbocycles. The molecule has 2 heterocycles. The van der Waals surface area contributed by atoms with E-state index in [2.05, 4.69) is 20.1 Å². The first-order valence-corrected chi connectivity index (χ1v) is 7.20. The first-order chi connectivity index (χ1) is 9.58. The molecule has 0 radical (unpaired) electrons. The first kappa shape index (κ1) is 14.5. The lowest BCUT2D eigenvalue weighted by Gasteiger charge is -2.00. The fourth-order valence-corrected chi connectivity index (χ4v) is 2.57. The number of thiazole rings is 1. The largest absolute Gasteiger partial charge is 0.469 e. The van der Waals surface area contributed by atoms with E-state index < -0.39 is 0 Å². The molecule has 0 aliphatic heterocycles. The molecule has 2 aromatic rings. The van der Waals surface area contributed by atoms with Crippen molar-refractivity contribution in [3.05, 3.63) is 28.5 Å². The molecule has 0 saturated heterocycles. The van der Waals surface area contributed by atoms with Gasteiger partial charge >= 0.3 is 5.97 Å². The van der Waals surface area contributed by atoms with Crippen molar-refractivity contribution in [1.29, 1.82) is 0 Å². The molecule has 0 saturated carbocycles. The molecule has 0 amide bonds. The molecule has 6 nitrogen and oxygen atoms in total. The fourth-order valence-electron chi connectivity index (χ4n) is 1.83. The van der Waals surface area contributed by atoms with Gasteiger partial charge in [0, 0.05) is 37.2 Å². The molecule has 2 aromatic heterocycles. The van der Waals surface area contributed by atoms with E-state index in [9.17, 15) is 4.79 Å². The van der Waals surface area contributed by atoms with Gasteiger partial charge in [0.2, 0.25) is 0 Å². The number of esters is 1. The van der Waals surface area contributed by atoms with Crippen LogP contribution in [0.5, 0.6) is 0 Å². The molecule has 0 aliphatic rings. The molecule has 108 valence electrons. The normalized spacial score (nSPS) is 10.6. The minimum atomic E-state index is -0.210. The van der Waals surface area contributed by atoms with Gasteiger partial charge in [-0.05, 0) is 6.92 Å². The van der Waals surface area contributed by atoms with Crippen LogP contribution in [0, 0.1) is 6.92 Å². The molecule has 7 heteroatoms.